The normalized spacial score (nSPS) is 10.5. The summed E-state index contributed by atoms with van der Waals surface area (Å²) in [7, 11) is 3.38. The molecule has 0 bridgehead atoms. The highest BCUT2D eigenvalue weighted by Crippen LogP contribution is 2.27. The maximum atomic E-state index is 12.0. The number of carbonyl (C=O) groups is 1. The van der Waals surface area contributed by atoms with E-state index in [0.29, 0.717) is 11.3 Å². The summed E-state index contributed by atoms with van der Waals surface area (Å²) in [5.74, 6) is -0.635. The van der Waals surface area contributed by atoms with Crippen molar-refractivity contribution in [3.63, 3.8) is 0 Å². The Bertz CT molecular complexity index is 894. The van der Waals surface area contributed by atoms with Crippen LogP contribution < -0.4 is 10.3 Å². The lowest BCUT2D eigenvalue weighted by Gasteiger charge is -2.12. The third-order valence-corrected chi connectivity index (χ3v) is 3.38. The minimum Gasteiger partial charge on any atom is -0.372 e. The molecule has 26 heavy (non-hydrogen) atoms. The van der Waals surface area contributed by atoms with Crippen LogP contribution in [0.2, 0.25) is 0 Å². The predicted octanol–water partition coefficient (Wildman–Crippen LogP) is 2.33. The van der Waals surface area contributed by atoms with Crippen molar-refractivity contribution < 1.29 is 14.6 Å². The average Bonchev–Trinajstić information content (AvgIpc) is 2.61. The van der Waals surface area contributed by atoms with E-state index in [2.05, 4.69) is 10.5 Å². The van der Waals surface area contributed by atoms with Crippen molar-refractivity contribution in [3.8, 4) is 0 Å². The fourth-order valence-electron chi connectivity index (χ4n) is 2.14. The maximum Gasteiger partial charge on any atom is 0.293 e. The van der Waals surface area contributed by atoms with Crippen LogP contribution in [0.15, 0.2) is 47.6 Å². The molecular formula is C16H15N5O5. The van der Waals surface area contributed by atoms with E-state index < -0.39 is 15.8 Å². The third-order valence-electron chi connectivity index (χ3n) is 3.38. The van der Waals surface area contributed by atoms with Crippen LogP contribution in [0.25, 0.3) is 0 Å². The number of amides is 1. The number of hydrogen-bond acceptors (Lipinski definition) is 7. The van der Waals surface area contributed by atoms with E-state index in [1.165, 1.54) is 30.5 Å². The standard InChI is InChI=1S/C16H15N5O5/c1-19(2)14-7-6-11(8-15(14)21(25)26)10-17-18-16(22)12-4-3-5-13(9-12)20(23)24/h3-10H,1-2H3,(H,18,22)/b17-10+. The fourth-order valence-corrected chi connectivity index (χ4v) is 2.14. The topological polar surface area (TPSA) is 131 Å². The Labute approximate surface area is 148 Å². The zero-order chi connectivity index (χ0) is 19.3. The number of non-ortho nitro benzene ring substituents is 1. The van der Waals surface area contributed by atoms with Crippen LogP contribution in [0.4, 0.5) is 17.1 Å². The van der Waals surface area contributed by atoms with Crippen molar-refractivity contribution in [2.24, 2.45) is 5.10 Å². The number of nitrogens with zero attached hydrogens (tertiary/aromatic N) is 4. The molecule has 0 heterocycles. The highest BCUT2D eigenvalue weighted by atomic mass is 16.6. The molecule has 0 aliphatic rings. The molecular weight excluding hydrogens is 342 g/mol. The summed E-state index contributed by atoms with van der Waals surface area (Å²) in [5.41, 5.74) is 2.85. The first-order valence-electron chi connectivity index (χ1n) is 7.33. The number of nitro benzene ring substituents is 2. The van der Waals surface area contributed by atoms with Crippen molar-refractivity contribution in [2.75, 3.05) is 19.0 Å². The number of hydrazone groups is 1. The Balaban J connectivity index is 2.14. The van der Waals surface area contributed by atoms with Crippen molar-refractivity contribution in [1.29, 1.82) is 0 Å². The Hall–Kier alpha value is -3.82. The van der Waals surface area contributed by atoms with Gasteiger partial charge >= 0.3 is 0 Å². The largest absolute Gasteiger partial charge is 0.372 e. The van der Waals surface area contributed by atoms with E-state index >= 15 is 0 Å². The number of hydrogen-bond donors (Lipinski definition) is 1. The predicted molar refractivity (Wildman–Crippen MR) is 95.6 cm³/mol. The Morgan fingerprint density at radius 1 is 1.12 bits per heavy atom. The van der Waals surface area contributed by atoms with E-state index in [-0.39, 0.29) is 16.9 Å². The van der Waals surface area contributed by atoms with E-state index in [1.807, 2.05) is 0 Å². The summed E-state index contributed by atoms with van der Waals surface area (Å²) >= 11 is 0. The summed E-state index contributed by atoms with van der Waals surface area (Å²) in [4.78, 5) is 34.3. The number of nitro groups is 2. The second-order valence-electron chi connectivity index (χ2n) is 5.41. The summed E-state index contributed by atoms with van der Waals surface area (Å²) in [6, 6.07) is 9.72. The molecule has 2 rings (SSSR count). The van der Waals surface area contributed by atoms with E-state index in [0.717, 1.165) is 6.07 Å². The third kappa shape index (κ3) is 4.38. The number of rotatable bonds is 6. The summed E-state index contributed by atoms with van der Waals surface area (Å²) < 4.78 is 0. The van der Waals surface area contributed by atoms with Gasteiger partial charge in [-0.05, 0) is 12.1 Å². The van der Waals surface area contributed by atoms with E-state index in [1.54, 1.807) is 31.1 Å². The summed E-state index contributed by atoms with van der Waals surface area (Å²) in [5, 5.41) is 25.6. The van der Waals surface area contributed by atoms with Gasteiger partial charge in [0.1, 0.15) is 5.69 Å². The molecule has 1 amide bonds. The number of nitrogens with one attached hydrogen (secondary N) is 1. The van der Waals surface area contributed by atoms with Crippen LogP contribution in [0.1, 0.15) is 15.9 Å². The van der Waals surface area contributed by atoms with Gasteiger partial charge in [-0.3, -0.25) is 25.0 Å². The average molecular weight is 357 g/mol. The quantitative estimate of drug-likeness (QED) is 0.479. The van der Waals surface area contributed by atoms with Gasteiger partial charge in [-0.2, -0.15) is 5.10 Å². The summed E-state index contributed by atoms with van der Waals surface area (Å²) in [6.45, 7) is 0. The van der Waals surface area contributed by atoms with Crippen LogP contribution in [-0.2, 0) is 0 Å². The van der Waals surface area contributed by atoms with Crippen LogP contribution in [0, 0.1) is 20.2 Å². The lowest BCUT2D eigenvalue weighted by molar-refractivity contribution is -0.384. The van der Waals surface area contributed by atoms with Crippen molar-refractivity contribution in [1.82, 2.24) is 5.43 Å². The zero-order valence-electron chi connectivity index (χ0n) is 13.9. The monoisotopic (exact) mass is 357 g/mol. The molecule has 10 nitrogen and oxygen atoms in total. The highest BCUT2D eigenvalue weighted by molar-refractivity contribution is 5.95. The molecule has 134 valence electrons. The molecule has 0 saturated carbocycles. The molecule has 0 unspecified atom stereocenters. The van der Waals surface area contributed by atoms with Gasteiger partial charge < -0.3 is 4.90 Å². The smallest absolute Gasteiger partial charge is 0.293 e. The summed E-state index contributed by atoms with van der Waals surface area (Å²) in [6.07, 6.45) is 1.25. The molecule has 10 heteroatoms. The SMILES string of the molecule is CN(C)c1ccc(/C=N/NC(=O)c2cccc([N+](=O)[O-])c2)cc1[N+](=O)[O-]. The van der Waals surface area contributed by atoms with E-state index in [4.69, 9.17) is 0 Å². The molecule has 2 aromatic carbocycles. The molecule has 0 radical (unpaired) electrons. The van der Waals surface area contributed by atoms with Crippen molar-refractivity contribution >= 4 is 29.2 Å². The molecule has 0 fully saturated rings. The molecule has 0 saturated heterocycles. The number of anilines is 1. The maximum absolute atomic E-state index is 12.0. The van der Waals surface area contributed by atoms with Gasteiger partial charge in [0.2, 0.25) is 0 Å². The van der Waals surface area contributed by atoms with Gasteiger partial charge in [-0.25, -0.2) is 5.43 Å². The Morgan fingerprint density at radius 3 is 2.46 bits per heavy atom. The first kappa shape index (κ1) is 18.5. The molecule has 2 aromatic rings. The van der Waals surface area contributed by atoms with Crippen LogP contribution in [0.3, 0.4) is 0 Å². The highest BCUT2D eigenvalue weighted by Gasteiger charge is 2.15. The Morgan fingerprint density at radius 2 is 1.85 bits per heavy atom. The second-order valence-corrected chi connectivity index (χ2v) is 5.41. The lowest BCUT2D eigenvalue weighted by atomic mass is 10.2. The van der Waals surface area contributed by atoms with Gasteiger partial charge in [0.25, 0.3) is 17.3 Å². The first-order valence-corrected chi connectivity index (χ1v) is 7.33. The minimum absolute atomic E-state index is 0.0743. The molecule has 0 aliphatic carbocycles. The van der Waals surface area contributed by atoms with Gasteiger partial charge in [0.15, 0.2) is 0 Å². The molecule has 0 spiro atoms. The van der Waals surface area contributed by atoms with Crippen molar-refractivity contribution in [3.05, 3.63) is 73.8 Å². The Kier molecular flexibility index (Phi) is 5.58. The van der Waals surface area contributed by atoms with Crippen molar-refractivity contribution in [2.45, 2.75) is 0 Å². The van der Waals surface area contributed by atoms with Crippen LogP contribution in [-0.4, -0.2) is 36.1 Å². The number of carbonyl (C=O) groups excluding carboxylic acids is 1. The van der Waals surface area contributed by atoms with Crippen LogP contribution in [0.5, 0.6) is 0 Å². The molecule has 1 N–H and O–H groups in total. The lowest BCUT2D eigenvalue weighted by Crippen LogP contribution is -2.17. The minimum atomic E-state index is -0.635. The van der Waals surface area contributed by atoms with Gasteiger partial charge in [0.05, 0.1) is 16.1 Å². The molecule has 0 aliphatic heterocycles. The molecule has 0 atom stereocenters. The van der Waals surface area contributed by atoms with E-state index in [9.17, 15) is 25.0 Å². The first-order chi connectivity index (χ1) is 12.3. The fraction of sp³-hybridized carbons (Fsp3) is 0.125. The second kappa shape index (κ2) is 7.83. The van der Waals surface area contributed by atoms with Gasteiger partial charge in [-0.1, -0.05) is 12.1 Å². The van der Waals surface area contributed by atoms with Gasteiger partial charge in [0, 0.05) is 43.4 Å². The number of benzene rings is 2. The molecule has 0 aromatic heterocycles. The van der Waals surface area contributed by atoms with Gasteiger partial charge in [-0.15, -0.1) is 0 Å². The van der Waals surface area contributed by atoms with Crippen LogP contribution >= 0.6 is 0 Å². The zero-order valence-corrected chi connectivity index (χ0v) is 13.9.